The highest BCUT2D eigenvalue weighted by Gasteiger charge is 2.26. The Balaban J connectivity index is 2.03. The van der Waals surface area contributed by atoms with E-state index in [0.29, 0.717) is 18.6 Å². The highest BCUT2D eigenvalue weighted by molar-refractivity contribution is 5.21. The maximum atomic E-state index is 10.1. The molecule has 16 heavy (non-hydrogen) atoms. The van der Waals surface area contributed by atoms with Gasteiger partial charge in [-0.05, 0) is 37.8 Å². The van der Waals surface area contributed by atoms with Crippen LogP contribution in [0.4, 0.5) is 0 Å². The average Bonchev–Trinajstić information content (AvgIpc) is 2.80. The molecule has 1 aliphatic carbocycles. The van der Waals surface area contributed by atoms with Crippen LogP contribution in [0, 0.1) is 11.8 Å². The summed E-state index contributed by atoms with van der Waals surface area (Å²) in [4.78, 5) is 0. The van der Waals surface area contributed by atoms with Crippen molar-refractivity contribution in [2.45, 2.75) is 43.8 Å². The molecule has 1 aromatic rings. The van der Waals surface area contributed by atoms with Crippen molar-refractivity contribution in [3.8, 4) is 11.8 Å². The fourth-order valence-corrected chi connectivity index (χ4v) is 1.98. The van der Waals surface area contributed by atoms with Crippen molar-refractivity contribution in [1.29, 1.82) is 0 Å². The number of hydrogen-bond acceptors (Lipinski definition) is 3. The Kier molecular flexibility index (Phi) is 3.33. The average molecular weight is 220 g/mol. The number of aliphatic hydroxyl groups is 2. The van der Waals surface area contributed by atoms with Crippen LogP contribution in [0.25, 0.3) is 0 Å². The monoisotopic (exact) mass is 220 g/mol. The third-order valence-corrected chi connectivity index (χ3v) is 2.93. The first kappa shape index (κ1) is 11.3. The smallest absolute Gasteiger partial charge is 0.172 e. The van der Waals surface area contributed by atoms with Crippen LogP contribution < -0.4 is 0 Å². The molecule has 0 spiro atoms. The van der Waals surface area contributed by atoms with Gasteiger partial charge in [0.2, 0.25) is 0 Å². The molecular formula is C13H16O3. The molecule has 0 radical (unpaired) electrons. The molecule has 0 aromatic carbocycles. The van der Waals surface area contributed by atoms with E-state index in [9.17, 15) is 10.2 Å². The molecule has 1 heterocycles. The van der Waals surface area contributed by atoms with E-state index in [2.05, 4.69) is 11.8 Å². The summed E-state index contributed by atoms with van der Waals surface area (Å²) in [6.07, 6.45) is 5.11. The molecule has 0 saturated heterocycles. The molecule has 2 N–H and O–H groups in total. The zero-order chi connectivity index (χ0) is 11.4. The van der Waals surface area contributed by atoms with E-state index < -0.39 is 11.7 Å². The first-order valence-electron chi connectivity index (χ1n) is 5.66. The second kappa shape index (κ2) is 4.73. The van der Waals surface area contributed by atoms with E-state index in [1.165, 1.54) is 6.26 Å². The Morgan fingerprint density at radius 1 is 1.31 bits per heavy atom. The standard InChI is InChI=1S/C13H16O3/c14-11(12-5-4-10-16-12)6-9-13(15)7-2-1-3-8-13/h4-5,10-11,14-15H,1-3,7-8H2/t11-/m0/s1. The maximum absolute atomic E-state index is 10.1. The lowest BCUT2D eigenvalue weighted by Crippen LogP contribution is -2.29. The minimum absolute atomic E-state index is 0.423. The topological polar surface area (TPSA) is 53.6 Å². The molecule has 2 rings (SSSR count). The van der Waals surface area contributed by atoms with Crippen LogP contribution in [-0.2, 0) is 0 Å². The first-order valence-corrected chi connectivity index (χ1v) is 5.66. The zero-order valence-electron chi connectivity index (χ0n) is 9.15. The van der Waals surface area contributed by atoms with Crippen LogP contribution in [0.2, 0.25) is 0 Å². The fourth-order valence-electron chi connectivity index (χ4n) is 1.98. The van der Waals surface area contributed by atoms with Crippen LogP contribution in [0.5, 0.6) is 0 Å². The molecule has 0 unspecified atom stereocenters. The van der Waals surface area contributed by atoms with E-state index in [1.54, 1.807) is 12.1 Å². The van der Waals surface area contributed by atoms with Crippen LogP contribution in [0.3, 0.4) is 0 Å². The van der Waals surface area contributed by atoms with Gasteiger partial charge in [0.1, 0.15) is 11.4 Å². The van der Waals surface area contributed by atoms with Crippen molar-refractivity contribution in [1.82, 2.24) is 0 Å². The Morgan fingerprint density at radius 2 is 2.06 bits per heavy atom. The van der Waals surface area contributed by atoms with Gasteiger partial charge < -0.3 is 14.6 Å². The van der Waals surface area contributed by atoms with Crippen molar-refractivity contribution >= 4 is 0 Å². The molecule has 0 amide bonds. The summed E-state index contributed by atoms with van der Waals surface area (Å²) >= 11 is 0. The van der Waals surface area contributed by atoms with Gasteiger partial charge in [0.25, 0.3) is 0 Å². The number of rotatable bonds is 1. The first-order chi connectivity index (χ1) is 7.70. The second-order valence-corrected chi connectivity index (χ2v) is 4.28. The molecule has 0 aliphatic heterocycles. The minimum Gasteiger partial charge on any atom is -0.466 e. The van der Waals surface area contributed by atoms with Gasteiger partial charge in [-0.15, -0.1) is 0 Å². The van der Waals surface area contributed by atoms with Gasteiger partial charge in [-0.2, -0.15) is 0 Å². The third kappa shape index (κ3) is 2.66. The predicted molar refractivity (Wildman–Crippen MR) is 59.5 cm³/mol. The van der Waals surface area contributed by atoms with Crippen LogP contribution in [-0.4, -0.2) is 15.8 Å². The van der Waals surface area contributed by atoms with Gasteiger partial charge in [0.05, 0.1) is 6.26 Å². The van der Waals surface area contributed by atoms with Crippen molar-refractivity contribution in [3.63, 3.8) is 0 Å². The van der Waals surface area contributed by atoms with Gasteiger partial charge in [-0.25, -0.2) is 0 Å². The summed E-state index contributed by atoms with van der Waals surface area (Å²) < 4.78 is 5.03. The normalized spacial score (nSPS) is 20.9. The van der Waals surface area contributed by atoms with E-state index in [4.69, 9.17) is 4.42 Å². The highest BCUT2D eigenvalue weighted by atomic mass is 16.4. The van der Waals surface area contributed by atoms with E-state index >= 15 is 0 Å². The molecule has 0 bridgehead atoms. The summed E-state index contributed by atoms with van der Waals surface area (Å²) in [5.41, 5.74) is -0.911. The number of aliphatic hydroxyl groups excluding tert-OH is 1. The second-order valence-electron chi connectivity index (χ2n) is 4.28. The van der Waals surface area contributed by atoms with E-state index in [0.717, 1.165) is 19.3 Å². The van der Waals surface area contributed by atoms with Gasteiger partial charge >= 0.3 is 0 Å². The van der Waals surface area contributed by atoms with Crippen molar-refractivity contribution < 1.29 is 14.6 Å². The molecule has 3 nitrogen and oxygen atoms in total. The number of hydrogen-bond donors (Lipinski definition) is 2. The maximum Gasteiger partial charge on any atom is 0.172 e. The van der Waals surface area contributed by atoms with Gasteiger partial charge in [0.15, 0.2) is 6.10 Å². The third-order valence-electron chi connectivity index (χ3n) is 2.93. The van der Waals surface area contributed by atoms with Crippen LogP contribution >= 0.6 is 0 Å². The van der Waals surface area contributed by atoms with Gasteiger partial charge in [-0.3, -0.25) is 0 Å². The van der Waals surface area contributed by atoms with Crippen LogP contribution in [0.1, 0.15) is 44.0 Å². The zero-order valence-corrected chi connectivity index (χ0v) is 9.15. The Hall–Kier alpha value is -1.24. The summed E-state index contributed by atoms with van der Waals surface area (Å²) in [7, 11) is 0. The number of furan rings is 1. The van der Waals surface area contributed by atoms with Crippen LogP contribution in [0.15, 0.2) is 22.8 Å². The molecular weight excluding hydrogens is 204 g/mol. The van der Waals surface area contributed by atoms with E-state index in [-0.39, 0.29) is 0 Å². The van der Waals surface area contributed by atoms with Gasteiger partial charge in [-0.1, -0.05) is 18.3 Å². The summed E-state index contributed by atoms with van der Waals surface area (Å²) in [6, 6.07) is 3.37. The molecule has 1 aromatic heterocycles. The minimum atomic E-state index is -0.944. The summed E-state index contributed by atoms with van der Waals surface area (Å²) in [5, 5.41) is 19.8. The lowest BCUT2D eigenvalue weighted by Gasteiger charge is -2.26. The largest absolute Gasteiger partial charge is 0.466 e. The predicted octanol–water partition coefficient (Wildman–Crippen LogP) is 2.01. The van der Waals surface area contributed by atoms with Crippen molar-refractivity contribution in [2.24, 2.45) is 0 Å². The Bertz CT molecular complexity index is 377. The lowest BCUT2D eigenvalue weighted by molar-refractivity contribution is 0.0603. The van der Waals surface area contributed by atoms with Crippen molar-refractivity contribution in [3.05, 3.63) is 24.2 Å². The molecule has 1 atom stereocenters. The molecule has 3 heteroatoms. The molecule has 1 fully saturated rings. The van der Waals surface area contributed by atoms with Crippen molar-refractivity contribution in [2.75, 3.05) is 0 Å². The van der Waals surface area contributed by atoms with E-state index in [1.807, 2.05) is 0 Å². The fraction of sp³-hybridized carbons (Fsp3) is 0.538. The quantitative estimate of drug-likeness (QED) is 0.712. The molecule has 1 saturated carbocycles. The van der Waals surface area contributed by atoms with Gasteiger partial charge in [0, 0.05) is 0 Å². The Labute approximate surface area is 95.1 Å². The lowest BCUT2D eigenvalue weighted by atomic mass is 9.85. The molecule has 1 aliphatic rings. The Morgan fingerprint density at radius 3 is 2.69 bits per heavy atom. The highest BCUT2D eigenvalue weighted by Crippen LogP contribution is 2.27. The summed E-state index contributed by atoms with van der Waals surface area (Å²) in [5.74, 6) is 5.86. The summed E-state index contributed by atoms with van der Waals surface area (Å²) in [6.45, 7) is 0. The molecule has 86 valence electrons. The SMILES string of the molecule is O[C@@H](C#CC1(O)CCCCC1)c1ccco1.